The monoisotopic (exact) mass is 501 g/mol. The Balaban J connectivity index is 1.57. The maximum absolute atomic E-state index is 12.8. The second kappa shape index (κ2) is 11.1. The van der Waals surface area contributed by atoms with E-state index in [2.05, 4.69) is 26.0 Å². The quantitative estimate of drug-likeness (QED) is 0.220. The lowest BCUT2D eigenvalue weighted by molar-refractivity contribution is 0.261. The summed E-state index contributed by atoms with van der Waals surface area (Å²) in [6, 6.07) is 28.8. The van der Waals surface area contributed by atoms with Gasteiger partial charge in [0.05, 0.1) is 22.0 Å². The number of sulfonamides is 1. The molecule has 4 aromatic rings. The van der Waals surface area contributed by atoms with Crippen LogP contribution in [0.15, 0.2) is 114 Å². The average Bonchev–Trinajstić information content (AvgIpc) is 2.87. The highest BCUT2D eigenvalue weighted by atomic mass is 32.2. The third-order valence-electron chi connectivity index (χ3n) is 4.89. The van der Waals surface area contributed by atoms with Gasteiger partial charge in [0, 0.05) is 11.4 Å². The first-order valence-electron chi connectivity index (χ1n) is 10.9. The van der Waals surface area contributed by atoms with Gasteiger partial charge in [-0.1, -0.05) is 54.6 Å². The number of carbonyl (C=O) groups excluding carboxylic acids is 2. The maximum atomic E-state index is 12.8. The summed E-state index contributed by atoms with van der Waals surface area (Å²) in [4.78, 5) is 25.3. The largest absolute Gasteiger partial charge is 0.323 e. The summed E-state index contributed by atoms with van der Waals surface area (Å²) in [5.41, 5.74) is 1.78. The highest BCUT2D eigenvalue weighted by Crippen LogP contribution is 2.28. The Kier molecular flexibility index (Phi) is 7.47. The molecular weight excluding hydrogens is 478 g/mol. The Morgan fingerprint density at radius 3 is 1.50 bits per heavy atom. The summed E-state index contributed by atoms with van der Waals surface area (Å²) in [6.07, 6.45) is 0. The number of para-hydroxylation sites is 2. The molecule has 0 radical (unpaired) electrons. The van der Waals surface area contributed by atoms with Crippen molar-refractivity contribution in [3.8, 4) is 0 Å². The van der Waals surface area contributed by atoms with Crippen LogP contribution in [0.1, 0.15) is 0 Å². The molecule has 0 atom stereocenters. The van der Waals surface area contributed by atoms with Crippen molar-refractivity contribution in [1.82, 2.24) is 0 Å². The smallest absolute Gasteiger partial charge is 0.308 e. The molecule has 0 aliphatic rings. The average molecular weight is 502 g/mol. The second-order valence-electron chi connectivity index (χ2n) is 7.57. The van der Waals surface area contributed by atoms with Gasteiger partial charge < -0.3 is 21.3 Å². The molecule has 0 aliphatic carbocycles. The van der Waals surface area contributed by atoms with Crippen LogP contribution in [0.4, 0.5) is 38.0 Å². The van der Waals surface area contributed by atoms with E-state index in [-0.39, 0.29) is 22.0 Å². The van der Waals surface area contributed by atoms with Gasteiger partial charge in [-0.25, -0.2) is 18.0 Å². The molecule has 10 heteroatoms. The zero-order valence-corrected chi connectivity index (χ0v) is 19.8. The Morgan fingerprint density at radius 2 is 0.972 bits per heavy atom. The number of hydrogen-bond donors (Lipinski definition) is 5. The van der Waals surface area contributed by atoms with E-state index >= 15 is 0 Å². The molecule has 9 nitrogen and oxygen atoms in total. The molecular formula is C26H23N5O4S. The van der Waals surface area contributed by atoms with Gasteiger partial charge in [0.2, 0.25) is 0 Å². The standard InChI is InChI=1S/C26H23N5O4S/c32-25(27-19-10-4-1-5-11-19)29-23-17-16-21(31-36(34,35)22-14-8-3-9-15-22)18-24(23)30-26(33)28-20-12-6-2-7-13-20/h1-18,31H,(H2,27,29,32)(H2,28,30,33). The van der Waals surface area contributed by atoms with Gasteiger partial charge in [-0.05, 0) is 54.6 Å². The van der Waals surface area contributed by atoms with Crippen LogP contribution >= 0.6 is 0 Å². The van der Waals surface area contributed by atoms with Crippen molar-refractivity contribution >= 4 is 50.5 Å². The Bertz CT molecular complexity index is 1450. The molecule has 0 bridgehead atoms. The van der Waals surface area contributed by atoms with E-state index in [0.29, 0.717) is 11.4 Å². The van der Waals surface area contributed by atoms with E-state index in [1.165, 1.54) is 30.3 Å². The number of rotatable bonds is 7. The van der Waals surface area contributed by atoms with Gasteiger partial charge in [0.1, 0.15) is 0 Å². The second-order valence-corrected chi connectivity index (χ2v) is 9.25. The van der Waals surface area contributed by atoms with Crippen LogP contribution < -0.4 is 26.0 Å². The van der Waals surface area contributed by atoms with Gasteiger partial charge in [0.15, 0.2) is 0 Å². The van der Waals surface area contributed by atoms with Crippen molar-refractivity contribution in [3.63, 3.8) is 0 Å². The summed E-state index contributed by atoms with van der Waals surface area (Å²) in [5.74, 6) is 0. The first kappa shape index (κ1) is 24.3. The molecule has 0 saturated carbocycles. The van der Waals surface area contributed by atoms with E-state index in [0.717, 1.165) is 0 Å². The third kappa shape index (κ3) is 6.61. The fourth-order valence-corrected chi connectivity index (χ4v) is 4.32. The Labute approximate surface area is 208 Å². The van der Waals surface area contributed by atoms with Gasteiger partial charge in [-0.15, -0.1) is 0 Å². The van der Waals surface area contributed by atoms with Crippen molar-refractivity contribution in [2.45, 2.75) is 4.90 Å². The number of anilines is 5. The highest BCUT2D eigenvalue weighted by molar-refractivity contribution is 7.92. The maximum Gasteiger partial charge on any atom is 0.323 e. The van der Waals surface area contributed by atoms with Gasteiger partial charge >= 0.3 is 12.1 Å². The number of nitrogens with one attached hydrogen (secondary N) is 5. The molecule has 182 valence electrons. The molecule has 4 rings (SSSR count). The first-order valence-corrected chi connectivity index (χ1v) is 12.4. The van der Waals surface area contributed by atoms with Crippen molar-refractivity contribution in [1.29, 1.82) is 0 Å². The summed E-state index contributed by atoms with van der Waals surface area (Å²) >= 11 is 0. The van der Waals surface area contributed by atoms with Crippen LogP contribution in [0.3, 0.4) is 0 Å². The molecule has 36 heavy (non-hydrogen) atoms. The fraction of sp³-hybridized carbons (Fsp3) is 0. The molecule has 4 aromatic carbocycles. The predicted molar refractivity (Wildman–Crippen MR) is 142 cm³/mol. The van der Waals surface area contributed by atoms with Crippen molar-refractivity contribution in [3.05, 3.63) is 109 Å². The van der Waals surface area contributed by atoms with Crippen LogP contribution in [0.2, 0.25) is 0 Å². The lowest BCUT2D eigenvalue weighted by Gasteiger charge is -2.16. The third-order valence-corrected chi connectivity index (χ3v) is 6.28. The lowest BCUT2D eigenvalue weighted by atomic mass is 10.2. The predicted octanol–water partition coefficient (Wildman–Crippen LogP) is 5.78. The van der Waals surface area contributed by atoms with Gasteiger partial charge in [-0.2, -0.15) is 0 Å². The van der Waals surface area contributed by atoms with Crippen LogP contribution in [-0.4, -0.2) is 20.5 Å². The van der Waals surface area contributed by atoms with Crippen LogP contribution in [0, 0.1) is 0 Å². The molecule has 5 N–H and O–H groups in total. The van der Waals surface area contributed by atoms with E-state index in [1.807, 2.05) is 12.1 Å². The molecule has 0 heterocycles. The van der Waals surface area contributed by atoms with Gasteiger partial charge in [0.25, 0.3) is 10.0 Å². The molecule has 0 aliphatic heterocycles. The highest BCUT2D eigenvalue weighted by Gasteiger charge is 2.16. The SMILES string of the molecule is O=C(Nc1ccccc1)Nc1ccc(NS(=O)(=O)c2ccccc2)cc1NC(=O)Nc1ccccc1. The minimum absolute atomic E-state index is 0.0887. The van der Waals surface area contributed by atoms with E-state index in [4.69, 9.17) is 0 Å². The zero-order valence-electron chi connectivity index (χ0n) is 18.9. The number of carbonyl (C=O) groups is 2. The minimum Gasteiger partial charge on any atom is -0.308 e. The normalized spacial score (nSPS) is 10.7. The molecule has 0 spiro atoms. The van der Waals surface area contributed by atoms with E-state index in [9.17, 15) is 18.0 Å². The molecule has 0 unspecified atom stereocenters. The van der Waals surface area contributed by atoms with E-state index < -0.39 is 22.1 Å². The Morgan fingerprint density at radius 1 is 0.500 bits per heavy atom. The lowest BCUT2D eigenvalue weighted by Crippen LogP contribution is -2.23. The summed E-state index contributed by atoms with van der Waals surface area (Å²) in [7, 11) is -3.86. The van der Waals surface area contributed by atoms with E-state index in [1.54, 1.807) is 66.7 Å². The first-order chi connectivity index (χ1) is 17.4. The fourth-order valence-electron chi connectivity index (χ4n) is 3.25. The molecule has 4 amide bonds. The molecule has 0 aromatic heterocycles. The van der Waals surface area contributed by atoms with Crippen LogP contribution in [0.25, 0.3) is 0 Å². The molecule has 0 saturated heterocycles. The minimum atomic E-state index is -3.86. The van der Waals surface area contributed by atoms with Crippen molar-refractivity contribution < 1.29 is 18.0 Å². The van der Waals surface area contributed by atoms with Crippen molar-refractivity contribution in [2.75, 3.05) is 26.0 Å². The van der Waals surface area contributed by atoms with Crippen molar-refractivity contribution in [2.24, 2.45) is 0 Å². The topological polar surface area (TPSA) is 128 Å². The number of hydrogen-bond acceptors (Lipinski definition) is 4. The van der Waals surface area contributed by atoms with Crippen LogP contribution in [0.5, 0.6) is 0 Å². The molecule has 0 fully saturated rings. The number of urea groups is 2. The number of amides is 4. The zero-order chi connectivity index (χ0) is 25.4. The Hall–Kier alpha value is -4.83. The number of benzene rings is 4. The summed E-state index contributed by atoms with van der Waals surface area (Å²) in [5, 5.41) is 10.7. The van der Waals surface area contributed by atoms with Crippen LogP contribution in [-0.2, 0) is 10.0 Å². The van der Waals surface area contributed by atoms with Gasteiger partial charge in [-0.3, -0.25) is 4.72 Å². The summed E-state index contributed by atoms with van der Waals surface area (Å²) < 4.78 is 28.0. The summed E-state index contributed by atoms with van der Waals surface area (Å²) in [6.45, 7) is 0.